The molecule has 0 spiro atoms. The lowest BCUT2D eigenvalue weighted by atomic mass is 10.1. The van der Waals surface area contributed by atoms with Gasteiger partial charge in [0.2, 0.25) is 0 Å². The van der Waals surface area contributed by atoms with Gasteiger partial charge in [-0.2, -0.15) is 0 Å². The zero-order chi connectivity index (χ0) is 7.82. The average molecular weight is 138 g/mol. The summed E-state index contributed by atoms with van der Waals surface area (Å²) in [7, 11) is 0. The van der Waals surface area contributed by atoms with E-state index in [9.17, 15) is 0 Å². The van der Waals surface area contributed by atoms with Crippen molar-refractivity contribution in [3.63, 3.8) is 0 Å². The summed E-state index contributed by atoms with van der Waals surface area (Å²) in [6, 6.07) is 0. The molecule has 0 radical (unpaired) electrons. The minimum atomic E-state index is 1.16. The van der Waals surface area contributed by atoms with Crippen LogP contribution in [0.4, 0.5) is 0 Å². The fraction of sp³-hybridized carbons (Fsp3) is 0.600. The lowest BCUT2D eigenvalue weighted by Gasteiger charge is -1.98. The van der Waals surface area contributed by atoms with Crippen LogP contribution in [0.25, 0.3) is 0 Å². The van der Waals surface area contributed by atoms with E-state index in [-0.39, 0.29) is 0 Å². The summed E-state index contributed by atoms with van der Waals surface area (Å²) in [6.07, 6.45) is 9.04. The third-order valence-electron chi connectivity index (χ3n) is 1.50. The summed E-state index contributed by atoms with van der Waals surface area (Å²) in [6.45, 7) is 8.24. The van der Waals surface area contributed by atoms with Crippen LogP contribution in [0.3, 0.4) is 0 Å². The molecule has 0 aliphatic heterocycles. The van der Waals surface area contributed by atoms with Crippen molar-refractivity contribution in [2.45, 2.75) is 39.5 Å². The highest BCUT2D eigenvalue weighted by atomic mass is 13.9. The maximum absolute atomic E-state index is 3.98. The summed E-state index contributed by atoms with van der Waals surface area (Å²) >= 11 is 0. The van der Waals surface area contributed by atoms with Gasteiger partial charge in [0, 0.05) is 0 Å². The van der Waals surface area contributed by atoms with E-state index < -0.39 is 0 Å². The highest BCUT2D eigenvalue weighted by molar-refractivity contribution is 4.95. The Morgan fingerprint density at radius 2 is 2.10 bits per heavy atom. The zero-order valence-electron chi connectivity index (χ0n) is 7.19. The summed E-state index contributed by atoms with van der Waals surface area (Å²) < 4.78 is 0. The Morgan fingerprint density at radius 1 is 1.40 bits per heavy atom. The number of rotatable bonds is 5. The van der Waals surface area contributed by atoms with Gasteiger partial charge in [-0.15, -0.1) is 0 Å². The fourth-order valence-corrected chi connectivity index (χ4v) is 0.933. The molecular formula is C10H18. The molecule has 0 heteroatoms. The van der Waals surface area contributed by atoms with Gasteiger partial charge in [-0.25, -0.2) is 0 Å². The van der Waals surface area contributed by atoms with Gasteiger partial charge < -0.3 is 0 Å². The molecule has 0 aliphatic carbocycles. The van der Waals surface area contributed by atoms with Crippen molar-refractivity contribution in [2.24, 2.45) is 0 Å². The van der Waals surface area contributed by atoms with Crippen molar-refractivity contribution in [3.8, 4) is 0 Å². The van der Waals surface area contributed by atoms with E-state index in [1.165, 1.54) is 18.4 Å². The monoisotopic (exact) mass is 138 g/mol. The maximum atomic E-state index is 3.98. The van der Waals surface area contributed by atoms with Crippen molar-refractivity contribution in [3.05, 3.63) is 24.3 Å². The molecule has 0 heterocycles. The Morgan fingerprint density at radius 3 is 2.60 bits per heavy atom. The molecule has 58 valence electrons. The second-order valence-electron chi connectivity index (χ2n) is 2.61. The predicted molar refractivity (Wildman–Crippen MR) is 48.1 cm³/mol. The smallest absolute Gasteiger partial charge is 0.0288 e. The Balaban J connectivity index is 3.21. The molecule has 0 rings (SSSR count). The van der Waals surface area contributed by atoms with Gasteiger partial charge in [-0.1, -0.05) is 37.6 Å². The molecule has 10 heavy (non-hydrogen) atoms. The van der Waals surface area contributed by atoms with Crippen LogP contribution in [0.1, 0.15) is 39.5 Å². The fourth-order valence-electron chi connectivity index (χ4n) is 0.933. The van der Waals surface area contributed by atoms with Crippen LogP contribution in [0.5, 0.6) is 0 Å². The van der Waals surface area contributed by atoms with Gasteiger partial charge in [-0.05, 0) is 26.2 Å². The molecule has 0 aromatic heterocycles. The van der Waals surface area contributed by atoms with Crippen molar-refractivity contribution in [1.82, 2.24) is 0 Å². The van der Waals surface area contributed by atoms with E-state index in [1.807, 2.05) is 0 Å². The molecule has 0 amide bonds. The molecule has 0 N–H and O–H groups in total. The van der Waals surface area contributed by atoms with Gasteiger partial charge in [0.1, 0.15) is 0 Å². The van der Waals surface area contributed by atoms with Crippen molar-refractivity contribution in [1.29, 1.82) is 0 Å². The van der Waals surface area contributed by atoms with Crippen LogP contribution >= 0.6 is 0 Å². The third kappa shape index (κ3) is 5.61. The minimum Gasteiger partial charge on any atom is -0.0999 e. The van der Waals surface area contributed by atoms with Crippen LogP contribution in [0.15, 0.2) is 24.3 Å². The molecule has 0 aliphatic rings. The first-order chi connectivity index (χ1) is 4.81. The van der Waals surface area contributed by atoms with E-state index >= 15 is 0 Å². The Bertz CT molecular complexity index is 109. The van der Waals surface area contributed by atoms with Gasteiger partial charge in [0.15, 0.2) is 0 Å². The standard InChI is InChI=1S/C10H18/c1-4-6-7-9-10(3)8-5-2/h4,6H,3,5,7-9H2,1-2H3/b6-4-. The van der Waals surface area contributed by atoms with Crippen LogP contribution in [0.2, 0.25) is 0 Å². The molecule has 0 saturated heterocycles. The predicted octanol–water partition coefficient (Wildman–Crippen LogP) is 3.70. The van der Waals surface area contributed by atoms with Crippen LogP contribution < -0.4 is 0 Å². The van der Waals surface area contributed by atoms with Crippen LogP contribution in [-0.2, 0) is 0 Å². The van der Waals surface area contributed by atoms with Crippen molar-refractivity contribution >= 4 is 0 Å². The largest absolute Gasteiger partial charge is 0.0999 e. The van der Waals surface area contributed by atoms with E-state index in [0.717, 1.165) is 12.8 Å². The quantitative estimate of drug-likeness (QED) is 0.508. The van der Waals surface area contributed by atoms with Crippen LogP contribution in [0, 0.1) is 0 Å². The van der Waals surface area contributed by atoms with Crippen molar-refractivity contribution in [2.75, 3.05) is 0 Å². The molecule has 0 aromatic carbocycles. The highest BCUT2D eigenvalue weighted by Crippen LogP contribution is 2.09. The first kappa shape index (κ1) is 9.48. The Hall–Kier alpha value is -0.520. The normalized spacial score (nSPS) is 10.6. The summed E-state index contributed by atoms with van der Waals surface area (Å²) in [5.41, 5.74) is 1.39. The summed E-state index contributed by atoms with van der Waals surface area (Å²) in [5, 5.41) is 0. The summed E-state index contributed by atoms with van der Waals surface area (Å²) in [4.78, 5) is 0. The van der Waals surface area contributed by atoms with Crippen molar-refractivity contribution < 1.29 is 0 Å². The third-order valence-corrected chi connectivity index (χ3v) is 1.50. The molecule has 0 unspecified atom stereocenters. The number of allylic oxidation sites excluding steroid dienone is 3. The Kier molecular flexibility index (Phi) is 6.25. The number of hydrogen-bond donors (Lipinski definition) is 0. The van der Waals surface area contributed by atoms with E-state index in [4.69, 9.17) is 0 Å². The molecule has 0 atom stereocenters. The SMILES string of the molecule is C=C(CCC)CC/C=C\C. The zero-order valence-corrected chi connectivity index (χ0v) is 7.19. The molecule has 0 nitrogen and oxygen atoms in total. The summed E-state index contributed by atoms with van der Waals surface area (Å²) in [5.74, 6) is 0. The average Bonchev–Trinajstić information content (AvgIpc) is 1.89. The minimum absolute atomic E-state index is 1.16. The first-order valence-electron chi connectivity index (χ1n) is 4.09. The van der Waals surface area contributed by atoms with Gasteiger partial charge in [-0.3, -0.25) is 0 Å². The van der Waals surface area contributed by atoms with E-state index in [0.29, 0.717) is 0 Å². The van der Waals surface area contributed by atoms with Gasteiger partial charge in [0.25, 0.3) is 0 Å². The second-order valence-corrected chi connectivity index (χ2v) is 2.61. The topological polar surface area (TPSA) is 0 Å². The molecule has 0 saturated carbocycles. The van der Waals surface area contributed by atoms with E-state index in [1.54, 1.807) is 0 Å². The Labute approximate surface area is 64.6 Å². The molecule has 0 bridgehead atoms. The lowest BCUT2D eigenvalue weighted by Crippen LogP contribution is -1.78. The maximum Gasteiger partial charge on any atom is -0.0288 e. The van der Waals surface area contributed by atoms with Crippen LogP contribution in [-0.4, -0.2) is 0 Å². The molecular weight excluding hydrogens is 120 g/mol. The molecule has 0 aromatic rings. The highest BCUT2D eigenvalue weighted by Gasteiger charge is 1.89. The van der Waals surface area contributed by atoms with E-state index in [2.05, 4.69) is 32.6 Å². The lowest BCUT2D eigenvalue weighted by molar-refractivity contribution is 0.833. The second kappa shape index (κ2) is 6.60. The first-order valence-corrected chi connectivity index (χ1v) is 4.09. The number of hydrogen-bond acceptors (Lipinski definition) is 0. The van der Waals surface area contributed by atoms with Gasteiger partial charge in [0.05, 0.1) is 0 Å². The molecule has 0 fully saturated rings. The van der Waals surface area contributed by atoms with Gasteiger partial charge >= 0.3 is 0 Å².